The highest BCUT2D eigenvalue weighted by atomic mass is 35.5. The monoisotopic (exact) mass is 446 g/mol. The first-order chi connectivity index (χ1) is 13.4. The minimum Gasteiger partial charge on any atom is -0.388 e. The van der Waals surface area contributed by atoms with Gasteiger partial charge in [-0.25, -0.2) is 4.39 Å². The van der Waals surface area contributed by atoms with Gasteiger partial charge in [-0.15, -0.1) is 23.2 Å². The standard InChI is InChI=1S/C22H29Cl2FO4/c1-11-6-13-14-8-16(25)15-7-12(27)4-5-19(15,2)21(14,24)17(23)9-20(13,3)22(11,29)18(28)10-26/h7,11,13-14,16-17,26,29H,4-6,8-10H2,1-3H3/t11-,13-,14-,16-,17-,19-,20-,21-,22-/m0/s1. The molecule has 7 heteroatoms. The van der Waals surface area contributed by atoms with Crippen molar-refractivity contribution >= 4 is 34.8 Å². The predicted octanol–water partition coefficient (Wildman–Crippen LogP) is 3.58. The van der Waals surface area contributed by atoms with Gasteiger partial charge in [0.1, 0.15) is 18.4 Å². The van der Waals surface area contributed by atoms with Gasteiger partial charge in [0.05, 0.1) is 10.3 Å². The van der Waals surface area contributed by atoms with Crippen LogP contribution in [0.5, 0.6) is 0 Å². The van der Waals surface area contributed by atoms with E-state index in [1.165, 1.54) is 6.08 Å². The average molecular weight is 447 g/mol. The lowest BCUT2D eigenvalue weighted by molar-refractivity contribution is -0.169. The van der Waals surface area contributed by atoms with Crippen molar-refractivity contribution in [2.75, 3.05) is 6.61 Å². The second kappa shape index (κ2) is 6.51. The number of alkyl halides is 3. The molecule has 162 valence electrons. The summed E-state index contributed by atoms with van der Waals surface area (Å²) in [4.78, 5) is 23.7. The molecule has 29 heavy (non-hydrogen) atoms. The van der Waals surface area contributed by atoms with Crippen LogP contribution >= 0.6 is 23.2 Å². The molecular formula is C22H29Cl2FO4. The highest BCUT2D eigenvalue weighted by Crippen LogP contribution is 2.73. The van der Waals surface area contributed by atoms with Crippen molar-refractivity contribution in [2.45, 2.75) is 74.9 Å². The third-order valence-electron chi connectivity index (χ3n) is 9.13. The number of fused-ring (bicyclic) bond motifs is 5. The molecule has 4 rings (SSSR count). The molecule has 0 aliphatic heterocycles. The van der Waals surface area contributed by atoms with Gasteiger partial charge in [0.25, 0.3) is 0 Å². The van der Waals surface area contributed by atoms with E-state index in [1.54, 1.807) is 6.92 Å². The lowest BCUT2D eigenvalue weighted by Crippen LogP contribution is -2.69. The molecule has 0 saturated heterocycles. The Morgan fingerprint density at radius 2 is 1.97 bits per heavy atom. The summed E-state index contributed by atoms with van der Waals surface area (Å²) in [6, 6.07) is 0. The van der Waals surface area contributed by atoms with E-state index < -0.39 is 51.2 Å². The summed E-state index contributed by atoms with van der Waals surface area (Å²) in [6.45, 7) is 4.81. The van der Waals surface area contributed by atoms with Crippen LogP contribution in [0.25, 0.3) is 0 Å². The molecule has 0 heterocycles. The zero-order valence-corrected chi connectivity index (χ0v) is 18.6. The molecule has 0 bridgehead atoms. The smallest absolute Gasteiger partial charge is 0.190 e. The van der Waals surface area contributed by atoms with Crippen LogP contribution in [-0.4, -0.2) is 50.4 Å². The molecule has 0 spiro atoms. The Labute approximate surface area is 180 Å². The number of carbonyl (C=O) groups is 2. The number of ketones is 2. The fraction of sp³-hybridized carbons (Fsp3) is 0.818. The predicted molar refractivity (Wildman–Crippen MR) is 109 cm³/mol. The van der Waals surface area contributed by atoms with Gasteiger partial charge in [0, 0.05) is 17.3 Å². The summed E-state index contributed by atoms with van der Waals surface area (Å²) in [5.74, 6) is -1.64. The summed E-state index contributed by atoms with van der Waals surface area (Å²) in [6.07, 6.45) is 1.81. The third-order valence-corrected chi connectivity index (χ3v) is 10.7. The maximum atomic E-state index is 15.4. The van der Waals surface area contributed by atoms with E-state index >= 15 is 4.39 Å². The van der Waals surface area contributed by atoms with Crippen molar-refractivity contribution in [1.29, 1.82) is 0 Å². The molecule has 3 saturated carbocycles. The molecular weight excluding hydrogens is 418 g/mol. The Hall–Kier alpha value is -0.490. The van der Waals surface area contributed by atoms with E-state index in [2.05, 4.69) is 0 Å². The zero-order valence-electron chi connectivity index (χ0n) is 17.1. The number of hydrogen-bond acceptors (Lipinski definition) is 4. The van der Waals surface area contributed by atoms with E-state index in [0.29, 0.717) is 31.3 Å². The highest BCUT2D eigenvalue weighted by Gasteiger charge is 2.75. The van der Waals surface area contributed by atoms with Crippen LogP contribution in [0.4, 0.5) is 4.39 Å². The summed E-state index contributed by atoms with van der Waals surface area (Å²) in [7, 11) is 0. The molecule has 0 aromatic heterocycles. The number of allylic oxidation sites excluding steroid dienone is 1. The number of Topliss-reactive ketones (excluding diaryl/α,β-unsaturated/α-hetero) is 1. The fourth-order valence-corrected chi connectivity index (χ4v) is 8.79. The topological polar surface area (TPSA) is 74.6 Å². The van der Waals surface area contributed by atoms with Gasteiger partial charge in [-0.2, -0.15) is 0 Å². The second-order valence-corrected chi connectivity index (χ2v) is 11.3. The summed E-state index contributed by atoms with van der Waals surface area (Å²) >= 11 is 14.3. The summed E-state index contributed by atoms with van der Waals surface area (Å²) in [5.41, 5.74) is -2.93. The van der Waals surface area contributed by atoms with Crippen LogP contribution in [0.2, 0.25) is 0 Å². The number of aliphatic hydroxyl groups is 2. The van der Waals surface area contributed by atoms with Gasteiger partial charge in [-0.3, -0.25) is 9.59 Å². The van der Waals surface area contributed by atoms with Crippen LogP contribution in [0.1, 0.15) is 52.9 Å². The molecule has 2 N–H and O–H groups in total. The van der Waals surface area contributed by atoms with E-state index in [9.17, 15) is 19.8 Å². The Bertz CT molecular complexity index is 802. The van der Waals surface area contributed by atoms with E-state index in [1.807, 2.05) is 13.8 Å². The van der Waals surface area contributed by atoms with Gasteiger partial charge in [0.15, 0.2) is 11.6 Å². The van der Waals surface area contributed by atoms with Crippen molar-refractivity contribution < 1.29 is 24.2 Å². The van der Waals surface area contributed by atoms with E-state index in [0.717, 1.165) is 0 Å². The van der Waals surface area contributed by atoms with E-state index in [-0.39, 0.29) is 24.0 Å². The lowest BCUT2D eigenvalue weighted by Gasteiger charge is -2.65. The molecule has 4 aliphatic rings. The number of hydrogen-bond donors (Lipinski definition) is 2. The molecule has 0 unspecified atom stereocenters. The SMILES string of the molecule is C[C@H]1C[C@H]2[C@@H]3C[C@H](F)C4=CC(=O)CC[C@]4(C)[C@@]3(Cl)[C@@H](Cl)C[C@]2(C)[C@@]1(O)C(=O)CO. The van der Waals surface area contributed by atoms with Crippen LogP contribution in [-0.2, 0) is 9.59 Å². The molecule has 9 atom stereocenters. The van der Waals surface area contributed by atoms with Crippen LogP contribution < -0.4 is 0 Å². The minimum absolute atomic E-state index is 0.0805. The van der Waals surface area contributed by atoms with Crippen molar-refractivity contribution in [3.8, 4) is 0 Å². The normalized spacial score (nSPS) is 54.3. The first-order valence-electron chi connectivity index (χ1n) is 10.5. The average Bonchev–Trinajstić information content (AvgIpc) is 2.86. The summed E-state index contributed by atoms with van der Waals surface area (Å²) < 4.78 is 15.4. The Balaban J connectivity index is 1.86. The fourth-order valence-electron chi connectivity index (χ4n) is 7.54. The summed E-state index contributed by atoms with van der Waals surface area (Å²) in [5, 5.41) is 20.4. The Morgan fingerprint density at radius 1 is 1.31 bits per heavy atom. The van der Waals surface area contributed by atoms with Crippen molar-refractivity contribution in [2.24, 2.45) is 28.6 Å². The maximum Gasteiger partial charge on any atom is 0.190 e. The first-order valence-corrected chi connectivity index (χ1v) is 11.3. The zero-order chi connectivity index (χ0) is 21.6. The van der Waals surface area contributed by atoms with E-state index in [4.69, 9.17) is 23.2 Å². The molecule has 3 fully saturated rings. The largest absolute Gasteiger partial charge is 0.388 e. The van der Waals surface area contributed by atoms with Gasteiger partial charge < -0.3 is 10.2 Å². The molecule has 0 radical (unpaired) electrons. The minimum atomic E-state index is -1.72. The van der Waals surface area contributed by atoms with Crippen LogP contribution in [0.3, 0.4) is 0 Å². The first kappa shape index (κ1) is 21.7. The Morgan fingerprint density at radius 3 is 2.59 bits per heavy atom. The number of halogens is 3. The lowest BCUT2D eigenvalue weighted by atomic mass is 9.45. The van der Waals surface area contributed by atoms with Crippen LogP contribution in [0.15, 0.2) is 11.6 Å². The molecule has 0 amide bonds. The van der Waals surface area contributed by atoms with Gasteiger partial charge >= 0.3 is 0 Å². The number of rotatable bonds is 2. The van der Waals surface area contributed by atoms with Crippen molar-refractivity contribution in [3.63, 3.8) is 0 Å². The number of aliphatic hydroxyl groups excluding tert-OH is 1. The van der Waals surface area contributed by atoms with Gasteiger partial charge in [0.2, 0.25) is 0 Å². The molecule has 4 aliphatic carbocycles. The van der Waals surface area contributed by atoms with Crippen LogP contribution in [0, 0.1) is 28.6 Å². The molecule has 0 aromatic rings. The quantitative estimate of drug-likeness (QED) is 0.635. The third kappa shape index (κ3) is 2.39. The second-order valence-electron chi connectivity index (χ2n) is 10.2. The molecule has 4 nitrogen and oxygen atoms in total. The number of carbonyl (C=O) groups excluding carboxylic acids is 2. The van der Waals surface area contributed by atoms with Gasteiger partial charge in [-0.1, -0.05) is 20.8 Å². The van der Waals surface area contributed by atoms with Crippen molar-refractivity contribution in [1.82, 2.24) is 0 Å². The Kier molecular flexibility index (Phi) is 4.88. The maximum absolute atomic E-state index is 15.4. The molecule has 0 aromatic carbocycles. The van der Waals surface area contributed by atoms with Crippen molar-refractivity contribution in [3.05, 3.63) is 11.6 Å². The highest BCUT2D eigenvalue weighted by molar-refractivity contribution is 6.33. The van der Waals surface area contributed by atoms with Gasteiger partial charge in [-0.05, 0) is 55.1 Å².